The fraction of sp³-hybridized carbons (Fsp3) is 0.200. The van der Waals surface area contributed by atoms with Gasteiger partial charge in [-0.2, -0.15) is 0 Å². The highest BCUT2D eigenvalue weighted by Crippen LogP contribution is 2.28. The quantitative estimate of drug-likeness (QED) is 0.695. The molecule has 0 spiro atoms. The third-order valence-electron chi connectivity index (χ3n) is 4.34. The smallest absolute Gasteiger partial charge is 0.257 e. The molecule has 1 aliphatic rings. The summed E-state index contributed by atoms with van der Waals surface area (Å²) in [5, 5.41) is 5.46. The Morgan fingerprint density at radius 2 is 2.19 bits per heavy atom. The Morgan fingerprint density at radius 1 is 1.26 bits per heavy atom. The minimum Gasteiger partial charge on any atom is -0.369 e. The van der Waals surface area contributed by atoms with E-state index < -0.39 is 0 Å². The Kier molecular flexibility index (Phi) is 5.38. The summed E-state index contributed by atoms with van der Waals surface area (Å²) in [6.45, 7) is 2.19. The molecule has 0 bridgehead atoms. The van der Waals surface area contributed by atoms with Gasteiger partial charge in [0.1, 0.15) is 11.9 Å². The molecule has 2 aromatic heterocycles. The largest absolute Gasteiger partial charge is 0.369 e. The highest BCUT2D eigenvalue weighted by Gasteiger charge is 2.23. The van der Waals surface area contributed by atoms with Crippen LogP contribution in [0.15, 0.2) is 60.1 Å². The number of benzene rings is 1. The number of hydrogen-bond acceptors (Lipinski definition) is 5. The Morgan fingerprint density at radius 3 is 2.93 bits per heavy atom. The van der Waals surface area contributed by atoms with Crippen LogP contribution in [0.3, 0.4) is 0 Å². The SMILES string of the molecule is O=C(Nc1cccc(Cl)c1)c1ccc(N2CCOC(c3cccs3)C2)nc1. The predicted octanol–water partition coefficient (Wildman–Crippen LogP) is 4.63. The van der Waals surface area contributed by atoms with Crippen molar-refractivity contribution in [2.45, 2.75) is 6.10 Å². The first-order chi connectivity index (χ1) is 13.2. The van der Waals surface area contributed by atoms with Crippen molar-refractivity contribution in [2.75, 3.05) is 29.9 Å². The van der Waals surface area contributed by atoms with Gasteiger partial charge < -0.3 is 15.0 Å². The molecule has 0 radical (unpaired) electrons. The lowest BCUT2D eigenvalue weighted by atomic mass is 10.2. The molecule has 1 aromatic carbocycles. The zero-order valence-corrected chi connectivity index (χ0v) is 16.0. The maximum absolute atomic E-state index is 12.4. The normalized spacial score (nSPS) is 16.9. The number of nitrogens with zero attached hydrogens (tertiary/aromatic N) is 2. The van der Waals surface area contributed by atoms with Crippen molar-refractivity contribution in [3.8, 4) is 0 Å². The summed E-state index contributed by atoms with van der Waals surface area (Å²) in [7, 11) is 0. The van der Waals surface area contributed by atoms with Gasteiger partial charge in [0.15, 0.2) is 0 Å². The van der Waals surface area contributed by atoms with E-state index in [-0.39, 0.29) is 12.0 Å². The molecule has 1 fully saturated rings. The van der Waals surface area contributed by atoms with Gasteiger partial charge in [0.25, 0.3) is 5.91 Å². The molecule has 1 unspecified atom stereocenters. The maximum Gasteiger partial charge on any atom is 0.257 e. The number of carbonyl (C=O) groups excluding carboxylic acids is 1. The number of hydrogen-bond donors (Lipinski definition) is 1. The molecule has 3 aromatic rings. The number of halogens is 1. The Balaban J connectivity index is 1.43. The topological polar surface area (TPSA) is 54.5 Å². The molecular formula is C20H18ClN3O2S. The van der Waals surface area contributed by atoms with Gasteiger partial charge in [-0.15, -0.1) is 11.3 Å². The lowest BCUT2D eigenvalue weighted by molar-refractivity contribution is 0.0418. The summed E-state index contributed by atoms with van der Waals surface area (Å²) in [4.78, 5) is 20.3. The molecule has 3 heterocycles. The van der Waals surface area contributed by atoms with Gasteiger partial charge in [0.05, 0.1) is 18.7 Å². The molecular weight excluding hydrogens is 382 g/mol. The van der Waals surface area contributed by atoms with Crippen LogP contribution in [0.25, 0.3) is 0 Å². The first kappa shape index (κ1) is 18.0. The average Bonchev–Trinajstić information content (AvgIpc) is 3.23. The van der Waals surface area contributed by atoms with Crippen LogP contribution >= 0.6 is 22.9 Å². The van der Waals surface area contributed by atoms with Crippen LogP contribution in [0.2, 0.25) is 5.02 Å². The second-order valence-corrected chi connectivity index (χ2v) is 7.61. The molecule has 1 saturated heterocycles. The molecule has 5 nitrogen and oxygen atoms in total. The Labute approximate surface area is 166 Å². The molecule has 1 aliphatic heterocycles. The summed E-state index contributed by atoms with van der Waals surface area (Å²) < 4.78 is 5.88. The number of amides is 1. The average molecular weight is 400 g/mol. The Hall–Kier alpha value is -2.41. The van der Waals surface area contributed by atoms with E-state index in [9.17, 15) is 4.79 Å². The zero-order chi connectivity index (χ0) is 18.6. The monoisotopic (exact) mass is 399 g/mol. The van der Waals surface area contributed by atoms with E-state index in [2.05, 4.69) is 26.6 Å². The number of pyridine rings is 1. The number of morpholine rings is 1. The summed E-state index contributed by atoms with van der Waals surface area (Å²) in [5.74, 6) is 0.633. The number of rotatable bonds is 4. The number of carbonyl (C=O) groups is 1. The molecule has 1 atom stereocenters. The van der Waals surface area contributed by atoms with E-state index in [0.717, 1.165) is 18.9 Å². The van der Waals surface area contributed by atoms with E-state index in [0.29, 0.717) is 22.9 Å². The highest BCUT2D eigenvalue weighted by molar-refractivity contribution is 7.10. The minimum absolute atomic E-state index is 0.0614. The molecule has 0 saturated carbocycles. The molecule has 1 amide bonds. The second kappa shape index (κ2) is 8.08. The van der Waals surface area contributed by atoms with E-state index in [1.807, 2.05) is 12.1 Å². The van der Waals surface area contributed by atoms with Gasteiger partial charge in [-0.25, -0.2) is 4.98 Å². The van der Waals surface area contributed by atoms with Crippen LogP contribution in [0, 0.1) is 0 Å². The van der Waals surface area contributed by atoms with Crippen LogP contribution in [0.4, 0.5) is 11.5 Å². The molecule has 7 heteroatoms. The number of anilines is 2. The van der Waals surface area contributed by atoms with Gasteiger partial charge >= 0.3 is 0 Å². The molecule has 27 heavy (non-hydrogen) atoms. The van der Waals surface area contributed by atoms with Crippen LogP contribution in [-0.2, 0) is 4.74 Å². The number of ether oxygens (including phenoxy) is 1. The van der Waals surface area contributed by atoms with Crippen molar-refractivity contribution in [1.82, 2.24) is 4.98 Å². The summed E-state index contributed by atoms with van der Waals surface area (Å²) >= 11 is 7.65. The van der Waals surface area contributed by atoms with Gasteiger partial charge in [-0.05, 0) is 41.8 Å². The fourth-order valence-electron chi connectivity index (χ4n) is 2.98. The van der Waals surface area contributed by atoms with Gasteiger partial charge in [-0.1, -0.05) is 23.7 Å². The van der Waals surface area contributed by atoms with Gasteiger partial charge in [0, 0.05) is 28.3 Å². The van der Waals surface area contributed by atoms with Crippen LogP contribution in [0.1, 0.15) is 21.3 Å². The van der Waals surface area contributed by atoms with Crippen molar-refractivity contribution >= 4 is 40.4 Å². The van der Waals surface area contributed by atoms with Crippen LogP contribution < -0.4 is 10.2 Å². The van der Waals surface area contributed by atoms with Gasteiger partial charge in [-0.3, -0.25) is 4.79 Å². The molecule has 1 N–H and O–H groups in total. The van der Waals surface area contributed by atoms with Crippen molar-refractivity contribution in [3.05, 3.63) is 75.6 Å². The standard InChI is InChI=1S/C20H18ClN3O2S/c21-15-3-1-4-16(11-15)23-20(25)14-6-7-19(22-12-14)24-8-9-26-17(13-24)18-5-2-10-27-18/h1-7,10-12,17H,8-9,13H2,(H,23,25). The minimum atomic E-state index is -0.213. The van der Waals surface area contributed by atoms with Crippen molar-refractivity contribution in [2.24, 2.45) is 0 Å². The van der Waals surface area contributed by atoms with Crippen LogP contribution in [0.5, 0.6) is 0 Å². The number of thiophene rings is 1. The lowest BCUT2D eigenvalue weighted by Crippen LogP contribution is -2.38. The second-order valence-electron chi connectivity index (χ2n) is 6.19. The predicted molar refractivity (Wildman–Crippen MR) is 109 cm³/mol. The van der Waals surface area contributed by atoms with Crippen molar-refractivity contribution in [3.63, 3.8) is 0 Å². The van der Waals surface area contributed by atoms with E-state index >= 15 is 0 Å². The first-order valence-corrected chi connectivity index (χ1v) is 9.88. The van der Waals surface area contributed by atoms with E-state index in [1.54, 1.807) is 47.9 Å². The number of nitrogens with one attached hydrogen (secondary N) is 1. The molecule has 4 rings (SSSR count). The summed E-state index contributed by atoms with van der Waals surface area (Å²) in [6, 6.07) is 14.9. The molecule has 138 valence electrons. The third-order valence-corrected chi connectivity index (χ3v) is 5.54. The van der Waals surface area contributed by atoms with Gasteiger partial charge in [0.2, 0.25) is 0 Å². The van der Waals surface area contributed by atoms with Crippen LogP contribution in [-0.4, -0.2) is 30.6 Å². The van der Waals surface area contributed by atoms with Crippen molar-refractivity contribution < 1.29 is 9.53 Å². The fourth-order valence-corrected chi connectivity index (χ4v) is 3.94. The van der Waals surface area contributed by atoms with E-state index in [4.69, 9.17) is 16.3 Å². The van der Waals surface area contributed by atoms with E-state index in [1.165, 1.54) is 4.88 Å². The first-order valence-electron chi connectivity index (χ1n) is 8.62. The highest BCUT2D eigenvalue weighted by atomic mass is 35.5. The lowest BCUT2D eigenvalue weighted by Gasteiger charge is -2.33. The third kappa shape index (κ3) is 4.30. The summed E-state index contributed by atoms with van der Waals surface area (Å²) in [6.07, 6.45) is 1.66. The zero-order valence-electron chi connectivity index (χ0n) is 14.5. The summed E-state index contributed by atoms with van der Waals surface area (Å²) in [5.41, 5.74) is 1.16. The molecule has 0 aliphatic carbocycles. The number of aromatic nitrogens is 1. The van der Waals surface area contributed by atoms with Crippen molar-refractivity contribution in [1.29, 1.82) is 0 Å². The Bertz CT molecular complexity index is 915. The maximum atomic E-state index is 12.4.